The molecule has 9 heteroatoms. The van der Waals surface area contributed by atoms with Gasteiger partial charge >= 0.3 is 6.03 Å². The number of amides is 4. The number of benzene rings is 3. The van der Waals surface area contributed by atoms with Crippen LogP contribution in [0.4, 0.5) is 10.5 Å². The van der Waals surface area contributed by atoms with Crippen molar-refractivity contribution < 1.29 is 23.9 Å². The van der Waals surface area contributed by atoms with E-state index in [1.54, 1.807) is 24.3 Å². The second-order valence-corrected chi connectivity index (χ2v) is 10.1. The van der Waals surface area contributed by atoms with E-state index in [0.29, 0.717) is 42.4 Å². The number of ether oxygens (including phenoxy) is 2. The minimum atomic E-state index is -0.801. The molecule has 1 aliphatic heterocycles. The number of urea groups is 1. The largest absolute Gasteiger partial charge is 0.494 e. The number of rotatable bonds is 8. The lowest BCUT2D eigenvalue weighted by atomic mass is 10.0. The summed E-state index contributed by atoms with van der Waals surface area (Å²) in [6.07, 6.45) is 2.13. The molecule has 1 heterocycles. The molecule has 1 saturated heterocycles. The Kier molecular flexibility index (Phi) is 8.65. The molecule has 0 saturated carbocycles. The van der Waals surface area contributed by atoms with Gasteiger partial charge in [-0.25, -0.2) is 9.69 Å². The number of halogens is 2. The second kappa shape index (κ2) is 11.9. The van der Waals surface area contributed by atoms with Gasteiger partial charge in [0.2, 0.25) is 0 Å². The molecule has 37 heavy (non-hydrogen) atoms. The van der Waals surface area contributed by atoms with Gasteiger partial charge < -0.3 is 9.47 Å². The molecule has 0 bridgehead atoms. The third-order valence-electron chi connectivity index (χ3n) is 5.62. The van der Waals surface area contributed by atoms with Crippen LogP contribution in [0.5, 0.6) is 11.5 Å². The summed E-state index contributed by atoms with van der Waals surface area (Å²) in [5.74, 6) is -0.172. The number of hydrogen-bond acceptors (Lipinski definition) is 5. The zero-order valence-electron chi connectivity index (χ0n) is 20.2. The third-order valence-corrected chi connectivity index (χ3v) is 7.36. The molecule has 0 unspecified atom stereocenters. The summed E-state index contributed by atoms with van der Waals surface area (Å²) < 4.78 is 13.3. The lowest BCUT2D eigenvalue weighted by molar-refractivity contribution is -0.122. The van der Waals surface area contributed by atoms with Crippen LogP contribution in [0.25, 0.3) is 6.08 Å². The standard InChI is InChI=1S/C28H24BrIN2O5/c1-3-36-20-11-9-19(10-12-20)32-27(34)22(26(33)31-28(32)35)13-17-14-24(30)21(25(15-17)37-4-2)16-18-7-5-6-8-23(18)29/h5-15H,3-4,16H2,1-2H3,(H,31,33,35)/b22-13+. The van der Waals surface area contributed by atoms with E-state index in [4.69, 9.17) is 9.47 Å². The van der Waals surface area contributed by atoms with Crippen LogP contribution < -0.4 is 19.7 Å². The van der Waals surface area contributed by atoms with Gasteiger partial charge in [0.15, 0.2) is 0 Å². The van der Waals surface area contributed by atoms with E-state index in [9.17, 15) is 14.4 Å². The molecule has 0 spiro atoms. The van der Waals surface area contributed by atoms with Gasteiger partial charge in [0.05, 0.1) is 18.9 Å². The summed E-state index contributed by atoms with van der Waals surface area (Å²) in [5, 5.41) is 2.26. The molecule has 7 nitrogen and oxygen atoms in total. The van der Waals surface area contributed by atoms with Crippen molar-refractivity contribution in [3.05, 3.63) is 91.0 Å². The van der Waals surface area contributed by atoms with Gasteiger partial charge in [0, 0.05) is 20.0 Å². The zero-order chi connectivity index (χ0) is 26.5. The average Bonchev–Trinajstić information content (AvgIpc) is 2.86. The summed E-state index contributed by atoms with van der Waals surface area (Å²) in [6, 6.07) is 17.4. The molecule has 0 atom stereocenters. The first kappa shape index (κ1) is 26.9. The maximum absolute atomic E-state index is 13.3. The summed E-state index contributed by atoms with van der Waals surface area (Å²) in [5.41, 5.74) is 2.91. The van der Waals surface area contributed by atoms with Crippen LogP contribution in [0, 0.1) is 3.57 Å². The van der Waals surface area contributed by atoms with Crippen LogP contribution in [0.2, 0.25) is 0 Å². The first-order chi connectivity index (χ1) is 17.8. The fraction of sp³-hybridized carbons (Fsp3) is 0.179. The van der Waals surface area contributed by atoms with Gasteiger partial charge in [-0.05, 0) is 96.1 Å². The van der Waals surface area contributed by atoms with Gasteiger partial charge in [-0.15, -0.1) is 0 Å². The molecule has 3 aromatic rings. The van der Waals surface area contributed by atoms with E-state index in [1.807, 2.05) is 50.2 Å². The summed E-state index contributed by atoms with van der Waals surface area (Å²) >= 11 is 5.84. The fourth-order valence-corrected chi connectivity index (χ4v) is 5.16. The smallest absolute Gasteiger partial charge is 0.335 e. The first-order valence-electron chi connectivity index (χ1n) is 11.6. The minimum absolute atomic E-state index is 0.148. The Balaban J connectivity index is 1.69. The van der Waals surface area contributed by atoms with Crippen LogP contribution in [0.15, 0.2) is 70.7 Å². The molecule has 0 radical (unpaired) electrons. The van der Waals surface area contributed by atoms with Crippen LogP contribution in [0.1, 0.15) is 30.5 Å². The third kappa shape index (κ3) is 6.04. The molecule has 4 rings (SSSR count). The van der Waals surface area contributed by atoms with Gasteiger partial charge in [0.25, 0.3) is 11.8 Å². The van der Waals surface area contributed by atoms with Crippen molar-refractivity contribution >= 4 is 68.1 Å². The summed E-state index contributed by atoms with van der Waals surface area (Å²) in [6.45, 7) is 4.72. The van der Waals surface area contributed by atoms with Crippen molar-refractivity contribution in [2.24, 2.45) is 0 Å². The highest BCUT2D eigenvalue weighted by molar-refractivity contribution is 14.1. The Morgan fingerprint density at radius 1 is 0.973 bits per heavy atom. The maximum atomic E-state index is 13.3. The maximum Gasteiger partial charge on any atom is 0.335 e. The number of carbonyl (C=O) groups excluding carboxylic acids is 3. The fourth-order valence-electron chi connectivity index (χ4n) is 3.92. The van der Waals surface area contributed by atoms with Crippen LogP contribution in [-0.4, -0.2) is 31.1 Å². The highest BCUT2D eigenvalue weighted by Gasteiger charge is 2.36. The predicted octanol–water partition coefficient (Wildman–Crippen LogP) is 6.11. The van der Waals surface area contributed by atoms with E-state index in [0.717, 1.165) is 24.1 Å². The normalized spacial score (nSPS) is 14.6. The lowest BCUT2D eigenvalue weighted by Crippen LogP contribution is -2.54. The number of nitrogens with zero attached hydrogens (tertiary/aromatic N) is 1. The van der Waals surface area contributed by atoms with Gasteiger partial charge in [-0.2, -0.15) is 0 Å². The van der Waals surface area contributed by atoms with Gasteiger partial charge in [0.1, 0.15) is 17.1 Å². The minimum Gasteiger partial charge on any atom is -0.494 e. The monoisotopic (exact) mass is 674 g/mol. The van der Waals surface area contributed by atoms with Crippen molar-refractivity contribution in [1.29, 1.82) is 0 Å². The van der Waals surface area contributed by atoms with Crippen LogP contribution >= 0.6 is 38.5 Å². The quantitative estimate of drug-likeness (QED) is 0.177. The van der Waals surface area contributed by atoms with E-state index in [2.05, 4.69) is 43.8 Å². The van der Waals surface area contributed by atoms with E-state index in [-0.39, 0.29) is 5.57 Å². The number of carbonyl (C=O) groups is 3. The number of nitrogens with one attached hydrogen (secondary N) is 1. The SMILES string of the molecule is CCOc1ccc(N2C(=O)NC(=O)/C(=C\c3cc(I)c(Cc4ccccc4Br)c(OCC)c3)C2=O)cc1. The van der Waals surface area contributed by atoms with Crippen molar-refractivity contribution in [3.63, 3.8) is 0 Å². The molecule has 1 aliphatic rings. The van der Waals surface area contributed by atoms with Crippen LogP contribution in [-0.2, 0) is 16.0 Å². The Morgan fingerprint density at radius 2 is 1.68 bits per heavy atom. The molecule has 3 aromatic carbocycles. The molecule has 1 fully saturated rings. The van der Waals surface area contributed by atoms with Crippen molar-refractivity contribution in [2.75, 3.05) is 18.1 Å². The first-order valence-corrected chi connectivity index (χ1v) is 13.5. The predicted molar refractivity (Wildman–Crippen MR) is 154 cm³/mol. The Labute approximate surface area is 237 Å². The van der Waals surface area contributed by atoms with Crippen molar-refractivity contribution in [2.45, 2.75) is 20.3 Å². The number of anilines is 1. The Hall–Kier alpha value is -3.18. The second-order valence-electron chi connectivity index (χ2n) is 8.07. The molecule has 1 N–H and O–H groups in total. The lowest BCUT2D eigenvalue weighted by Gasteiger charge is -2.26. The molecule has 190 valence electrons. The van der Waals surface area contributed by atoms with Gasteiger partial charge in [-0.3, -0.25) is 14.9 Å². The number of barbiturate groups is 1. The van der Waals surface area contributed by atoms with E-state index >= 15 is 0 Å². The van der Waals surface area contributed by atoms with Crippen molar-refractivity contribution in [3.8, 4) is 11.5 Å². The summed E-state index contributed by atoms with van der Waals surface area (Å²) in [4.78, 5) is 39.5. The average molecular weight is 675 g/mol. The van der Waals surface area contributed by atoms with Crippen molar-refractivity contribution in [1.82, 2.24) is 5.32 Å². The Bertz CT molecular complexity index is 1390. The summed E-state index contributed by atoms with van der Waals surface area (Å²) in [7, 11) is 0. The van der Waals surface area contributed by atoms with E-state index in [1.165, 1.54) is 6.08 Å². The number of hydrogen-bond donors (Lipinski definition) is 1. The highest BCUT2D eigenvalue weighted by Crippen LogP contribution is 2.32. The zero-order valence-corrected chi connectivity index (χ0v) is 24.0. The number of imide groups is 2. The molecule has 4 amide bonds. The van der Waals surface area contributed by atoms with E-state index < -0.39 is 17.8 Å². The highest BCUT2D eigenvalue weighted by atomic mass is 127. The van der Waals surface area contributed by atoms with Gasteiger partial charge in [-0.1, -0.05) is 34.1 Å². The molecule has 0 aromatic heterocycles. The molecular formula is C28H24BrIN2O5. The molecule has 0 aliphatic carbocycles. The van der Waals surface area contributed by atoms with Crippen LogP contribution in [0.3, 0.4) is 0 Å². The molecular weight excluding hydrogens is 651 g/mol. The Morgan fingerprint density at radius 3 is 2.35 bits per heavy atom. The topological polar surface area (TPSA) is 84.9 Å².